The van der Waals surface area contributed by atoms with Crippen molar-refractivity contribution in [3.63, 3.8) is 0 Å². The van der Waals surface area contributed by atoms with Crippen LogP contribution in [0.2, 0.25) is 0 Å². The van der Waals surface area contributed by atoms with Gasteiger partial charge in [0.25, 0.3) is 5.56 Å². The summed E-state index contributed by atoms with van der Waals surface area (Å²) < 4.78 is 40.0. The number of hydrogen-bond acceptors (Lipinski definition) is 4. The minimum atomic E-state index is -4.23. The standard InChI is InChI=1S/C11H10BrF3N6O/c1-5-18-19-10-20(4-2-3-11(13,14)15)7-6(8(22)21(5)10)16-9(12)17-7/h2-4H2,1H3,(H,16,17). The van der Waals surface area contributed by atoms with Crippen LogP contribution in [0, 0.1) is 6.92 Å². The lowest BCUT2D eigenvalue weighted by Gasteiger charge is -2.10. The zero-order valence-electron chi connectivity index (χ0n) is 11.3. The molecule has 3 aromatic heterocycles. The third-order valence-electron chi connectivity index (χ3n) is 3.22. The van der Waals surface area contributed by atoms with Crippen LogP contribution in [0.4, 0.5) is 13.2 Å². The first kappa shape index (κ1) is 15.0. The van der Waals surface area contributed by atoms with Gasteiger partial charge >= 0.3 is 6.18 Å². The molecule has 0 unspecified atom stereocenters. The monoisotopic (exact) mass is 378 g/mol. The number of alkyl halides is 3. The Morgan fingerprint density at radius 2 is 2.05 bits per heavy atom. The molecule has 0 radical (unpaired) electrons. The van der Waals surface area contributed by atoms with Crippen LogP contribution in [0.1, 0.15) is 18.7 Å². The van der Waals surface area contributed by atoms with E-state index in [2.05, 4.69) is 36.1 Å². The number of H-pyrrole nitrogens is 1. The molecule has 11 heteroatoms. The van der Waals surface area contributed by atoms with Gasteiger partial charge < -0.3 is 4.98 Å². The smallest absolute Gasteiger partial charge is 0.327 e. The highest BCUT2D eigenvalue weighted by molar-refractivity contribution is 9.10. The van der Waals surface area contributed by atoms with Crippen LogP contribution in [0.25, 0.3) is 16.9 Å². The molecule has 0 saturated carbocycles. The molecule has 1 N–H and O–H groups in total. The summed E-state index contributed by atoms with van der Waals surface area (Å²) >= 11 is 3.13. The van der Waals surface area contributed by atoms with E-state index < -0.39 is 18.2 Å². The van der Waals surface area contributed by atoms with E-state index in [0.29, 0.717) is 10.6 Å². The molecule has 0 bridgehead atoms. The number of halogens is 4. The summed E-state index contributed by atoms with van der Waals surface area (Å²) in [6.07, 6.45) is -5.30. The lowest BCUT2D eigenvalue weighted by Crippen LogP contribution is -2.20. The van der Waals surface area contributed by atoms with Gasteiger partial charge in [0, 0.05) is 13.0 Å². The Morgan fingerprint density at radius 3 is 2.73 bits per heavy atom. The van der Waals surface area contributed by atoms with Crippen molar-refractivity contribution < 1.29 is 13.2 Å². The molecular formula is C11H10BrF3N6O. The zero-order valence-corrected chi connectivity index (χ0v) is 12.9. The normalized spacial score (nSPS) is 12.6. The molecule has 0 atom stereocenters. The number of aromatic amines is 1. The van der Waals surface area contributed by atoms with E-state index in [4.69, 9.17) is 0 Å². The fourth-order valence-electron chi connectivity index (χ4n) is 2.29. The van der Waals surface area contributed by atoms with Crippen LogP contribution in [0.5, 0.6) is 0 Å². The molecular weight excluding hydrogens is 369 g/mol. The van der Waals surface area contributed by atoms with Gasteiger partial charge in [-0.2, -0.15) is 13.2 Å². The highest BCUT2D eigenvalue weighted by atomic mass is 79.9. The molecule has 0 spiro atoms. The van der Waals surface area contributed by atoms with E-state index in [1.807, 2.05) is 0 Å². The third-order valence-corrected chi connectivity index (χ3v) is 3.60. The van der Waals surface area contributed by atoms with Gasteiger partial charge in [-0.15, -0.1) is 10.2 Å². The molecule has 0 aliphatic rings. The second-order valence-corrected chi connectivity index (χ2v) is 5.54. The summed E-state index contributed by atoms with van der Waals surface area (Å²) in [5, 5.41) is 7.69. The van der Waals surface area contributed by atoms with Crippen molar-refractivity contribution in [2.45, 2.75) is 32.5 Å². The molecule has 0 aliphatic heterocycles. The van der Waals surface area contributed by atoms with E-state index in [0.717, 1.165) is 0 Å². The fraction of sp³-hybridized carbons (Fsp3) is 0.455. The molecule has 3 heterocycles. The van der Waals surface area contributed by atoms with Crippen molar-refractivity contribution >= 4 is 32.9 Å². The molecule has 7 nitrogen and oxygen atoms in total. The van der Waals surface area contributed by atoms with Crippen LogP contribution in [0.3, 0.4) is 0 Å². The second kappa shape index (κ2) is 5.07. The molecule has 3 aromatic rings. The van der Waals surface area contributed by atoms with Crippen LogP contribution in [-0.2, 0) is 6.54 Å². The van der Waals surface area contributed by atoms with Crippen molar-refractivity contribution in [2.75, 3.05) is 0 Å². The lowest BCUT2D eigenvalue weighted by atomic mass is 10.3. The molecule has 3 rings (SSSR count). The quantitative estimate of drug-likeness (QED) is 0.708. The Balaban J connectivity index is 2.17. The minimum absolute atomic E-state index is 0.0230. The molecule has 118 valence electrons. The van der Waals surface area contributed by atoms with Crippen molar-refractivity contribution in [3.05, 3.63) is 20.9 Å². The highest BCUT2D eigenvalue weighted by Crippen LogP contribution is 2.23. The van der Waals surface area contributed by atoms with Gasteiger partial charge in [-0.25, -0.2) is 9.38 Å². The van der Waals surface area contributed by atoms with E-state index in [1.165, 1.54) is 8.97 Å². The summed E-state index contributed by atoms with van der Waals surface area (Å²) in [4.78, 5) is 19.2. The fourth-order valence-corrected chi connectivity index (χ4v) is 2.66. The van der Waals surface area contributed by atoms with Crippen molar-refractivity contribution in [3.8, 4) is 0 Å². The maximum atomic E-state index is 12.4. The van der Waals surface area contributed by atoms with Crippen molar-refractivity contribution in [1.82, 2.24) is 29.1 Å². The van der Waals surface area contributed by atoms with E-state index in [-0.39, 0.29) is 29.9 Å². The second-order valence-electron chi connectivity index (χ2n) is 4.78. The summed E-state index contributed by atoms with van der Waals surface area (Å²) in [6, 6.07) is 0. The molecule has 22 heavy (non-hydrogen) atoms. The van der Waals surface area contributed by atoms with Crippen LogP contribution < -0.4 is 5.56 Å². The Labute approximate surface area is 129 Å². The van der Waals surface area contributed by atoms with Crippen LogP contribution >= 0.6 is 15.9 Å². The van der Waals surface area contributed by atoms with Gasteiger partial charge in [-0.05, 0) is 29.3 Å². The molecule has 0 fully saturated rings. The van der Waals surface area contributed by atoms with Gasteiger partial charge in [0.05, 0.1) is 0 Å². The number of aryl methyl sites for hydroxylation is 2. The van der Waals surface area contributed by atoms with E-state index in [1.54, 1.807) is 6.92 Å². The number of imidazole rings is 1. The van der Waals surface area contributed by atoms with Gasteiger partial charge in [0.1, 0.15) is 5.82 Å². The Morgan fingerprint density at radius 1 is 1.32 bits per heavy atom. The number of nitrogens with zero attached hydrogens (tertiary/aromatic N) is 5. The summed E-state index contributed by atoms with van der Waals surface area (Å²) in [5.41, 5.74) is 0.0472. The number of rotatable bonds is 3. The average molecular weight is 379 g/mol. The molecule has 0 amide bonds. The number of fused-ring (bicyclic) bond motifs is 2. The molecule has 0 aromatic carbocycles. The first-order chi connectivity index (χ1) is 10.3. The predicted molar refractivity (Wildman–Crippen MR) is 74.6 cm³/mol. The maximum absolute atomic E-state index is 12.4. The van der Waals surface area contributed by atoms with Crippen molar-refractivity contribution in [1.29, 1.82) is 0 Å². The number of nitrogens with one attached hydrogen (secondary N) is 1. The first-order valence-corrected chi connectivity index (χ1v) is 7.14. The zero-order chi connectivity index (χ0) is 16.1. The summed E-state index contributed by atoms with van der Waals surface area (Å²) in [7, 11) is 0. The largest absolute Gasteiger partial charge is 0.389 e. The topological polar surface area (TPSA) is 80.9 Å². The van der Waals surface area contributed by atoms with Gasteiger partial charge in [0.2, 0.25) is 5.78 Å². The number of hydrogen-bond donors (Lipinski definition) is 1. The van der Waals surface area contributed by atoms with Gasteiger partial charge in [0.15, 0.2) is 15.9 Å². The number of aromatic nitrogens is 6. The van der Waals surface area contributed by atoms with Crippen molar-refractivity contribution in [2.24, 2.45) is 0 Å². The third kappa shape index (κ3) is 2.49. The average Bonchev–Trinajstić information content (AvgIpc) is 2.96. The first-order valence-electron chi connectivity index (χ1n) is 6.34. The molecule has 0 aliphatic carbocycles. The van der Waals surface area contributed by atoms with Crippen LogP contribution in [-0.4, -0.2) is 35.3 Å². The van der Waals surface area contributed by atoms with Gasteiger partial charge in [-0.3, -0.25) is 9.36 Å². The van der Waals surface area contributed by atoms with E-state index >= 15 is 0 Å². The van der Waals surface area contributed by atoms with Crippen LogP contribution in [0.15, 0.2) is 9.53 Å². The summed E-state index contributed by atoms with van der Waals surface area (Å²) in [5.74, 6) is 0.536. The Hall–Kier alpha value is -1.91. The maximum Gasteiger partial charge on any atom is 0.389 e. The molecule has 0 saturated heterocycles. The predicted octanol–water partition coefficient (Wildman–Crippen LogP) is 2.18. The Bertz CT molecular complexity index is 905. The lowest BCUT2D eigenvalue weighted by molar-refractivity contribution is -0.135. The SMILES string of the molecule is Cc1nnc2n(CCCC(F)(F)F)c3nc(Br)[nH]c3c(=O)n12. The minimum Gasteiger partial charge on any atom is -0.327 e. The highest BCUT2D eigenvalue weighted by Gasteiger charge is 2.27. The Kier molecular flexibility index (Phi) is 3.46. The van der Waals surface area contributed by atoms with Gasteiger partial charge in [-0.1, -0.05) is 0 Å². The summed E-state index contributed by atoms with van der Waals surface area (Å²) in [6.45, 7) is 1.62. The van der Waals surface area contributed by atoms with E-state index in [9.17, 15) is 18.0 Å².